The van der Waals surface area contributed by atoms with Crippen LogP contribution in [0.5, 0.6) is 0 Å². The standard InChI is InChI=1S/C14H17NO3S/c1-3-5-14(16)15-9-4-6-11-7-8-12(10-13(11)15)19(2,17)18/h3,5,7-8,10H,4,6,9H2,1-2H3/b5-3+. The number of anilines is 1. The molecule has 1 aromatic rings. The number of nitrogens with zero attached hydrogens (tertiary/aromatic N) is 1. The van der Waals surface area contributed by atoms with Crippen LogP contribution in [-0.2, 0) is 21.1 Å². The molecule has 0 atom stereocenters. The highest BCUT2D eigenvalue weighted by Gasteiger charge is 2.22. The van der Waals surface area contributed by atoms with Crippen LogP contribution in [0.3, 0.4) is 0 Å². The molecule has 1 aliphatic heterocycles. The van der Waals surface area contributed by atoms with Crippen LogP contribution in [0.2, 0.25) is 0 Å². The fraction of sp³-hybridized carbons (Fsp3) is 0.357. The van der Waals surface area contributed by atoms with Crippen molar-refractivity contribution in [3.63, 3.8) is 0 Å². The Kier molecular flexibility index (Phi) is 3.75. The molecular formula is C14H17NO3S. The molecule has 1 amide bonds. The molecule has 2 rings (SSSR count). The molecule has 0 spiro atoms. The molecule has 5 heteroatoms. The first-order valence-corrected chi connectivity index (χ1v) is 8.10. The van der Waals surface area contributed by atoms with E-state index < -0.39 is 9.84 Å². The van der Waals surface area contributed by atoms with Crippen LogP contribution in [0.4, 0.5) is 5.69 Å². The third-order valence-electron chi connectivity index (χ3n) is 3.18. The Balaban J connectivity index is 2.50. The third kappa shape index (κ3) is 2.87. The number of amides is 1. The SMILES string of the molecule is C/C=C/C(=O)N1CCCc2ccc(S(C)(=O)=O)cc21. The Hall–Kier alpha value is -1.62. The minimum absolute atomic E-state index is 0.103. The van der Waals surface area contributed by atoms with Crippen molar-refractivity contribution in [1.82, 2.24) is 0 Å². The van der Waals surface area contributed by atoms with Crippen molar-refractivity contribution in [2.24, 2.45) is 0 Å². The smallest absolute Gasteiger partial charge is 0.250 e. The monoisotopic (exact) mass is 279 g/mol. The van der Waals surface area contributed by atoms with Gasteiger partial charge in [-0.2, -0.15) is 0 Å². The molecule has 0 aliphatic carbocycles. The predicted molar refractivity (Wildman–Crippen MR) is 75.0 cm³/mol. The fourth-order valence-corrected chi connectivity index (χ4v) is 2.89. The number of benzene rings is 1. The zero-order valence-electron chi connectivity index (χ0n) is 11.1. The summed E-state index contributed by atoms with van der Waals surface area (Å²) in [6.45, 7) is 2.42. The molecule has 1 aliphatic rings. The number of hydrogen-bond donors (Lipinski definition) is 0. The van der Waals surface area contributed by atoms with Gasteiger partial charge < -0.3 is 4.90 Å². The number of aryl methyl sites for hydroxylation is 1. The van der Waals surface area contributed by atoms with Gasteiger partial charge in [-0.3, -0.25) is 4.79 Å². The maximum atomic E-state index is 12.0. The molecule has 1 aromatic carbocycles. The van der Waals surface area contributed by atoms with Crippen molar-refractivity contribution in [2.75, 3.05) is 17.7 Å². The molecule has 102 valence electrons. The highest BCUT2D eigenvalue weighted by molar-refractivity contribution is 7.90. The van der Waals surface area contributed by atoms with Gasteiger partial charge in [-0.1, -0.05) is 12.1 Å². The number of fused-ring (bicyclic) bond motifs is 1. The molecule has 0 unspecified atom stereocenters. The second-order valence-electron chi connectivity index (χ2n) is 4.66. The second-order valence-corrected chi connectivity index (χ2v) is 6.67. The quantitative estimate of drug-likeness (QED) is 0.777. The molecular weight excluding hydrogens is 262 g/mol. The molecule has 4 nitrogen and oxygen atoms in total. The second kappa shape index (κ2) is 5.17. The van der Waals surface area contributed by atoms with Gasteiger partial charge in [-0.05, 0) is 43.5 Å². The van der Waals surface area contributed by atoms with Crippen LogP contribution in [0.1, 0.15) is 18.9 Å². The van der Waals surface area contributed by atoms with Gasteiger partial charge in [0.2, 0.25) is 0 Å². The highest BCUT2D eigenvalue weighted by Crippen LogP contribution is 2.30. The van der Waals surface area contributed by atoms with Crippen molar-refractivity contribution >= 4 is 21.4 Å². The average Bonchev–Trinajstić information content (AvgIpc) is 2.36. The normalized spacial score (nSPS) is 15.6. The van der Waals surface area contributed by atoms with Gasteiger partial charge in [-0.25, -0.2) is 8.42 Å². The van der Waals surface area contributed by atoms with Gasteiger partial charge in [0.25, 0.3) is 5.91 Å². The minimum Gasteiger partial charge on any atom is -0.309 e. The fourth-order valence-electron chi connectivity index (χ4n) is 2.25. The van der Waals surface area contributed by atoms with Crippen molar-refractivity contribution in [1.29, 1.82) is 0 Å². The Bertz CT molecular complexity index is 632. The first-order valence-electron chi connectivity index (χ1n) is 6.20. The van der Waals surface area contributed by atoms with Gasteiger partial charge in [0.1, 0.15) is 0 Å². The van der Waals surface area contributed by atoms with Crippen molar-refractivity contribution < 1.29 is 13.2 Å². The van der Waals surface area contributed by atoms with E-state index in [4.69, 9.17) is 0 Å². The van der Waals surface area contributed by atoms with Crippen LogP contribution in [0.25, 0.3) is 0 Å². The van der Waals surface area contributed by atoms with Gasteiger partial charge in [-0.15, -0.1) is 0 Å². The van der Waals surface area contributed by atoms with Crippen LogP contribution in [0, 0.1) is 0 Å². The lowest BCUT2D eigenvalue weighted by Crippen LogP contribution is -2.34. The Morgan fingerprint density at radius 3 is 2.74 bits per heavy atom. The molecule has 0 fully saturated rings. The van der Waals surface area contributed by atoms with Crippen LogP contribution >= 0.6 is 0 Å². The van der Waals surface area contributed by atoms with Crippen LogP contribution in [0.15, 0.2) is 35.2 Å². The predicted octanol–water partition coefficient (Wildman–Crippen LogP) is 1.95. The maximum Gasteiger partial charge on any atom is 0.250 e. The van der Waals surface area contributed by atoms with E-state index in [9.17, 15) is 13.2 Å². The number of carbonyl (C=O) groups excluding carboxylic acids is 1. The number of carbonyl (C=O) groups is 1. The summed E-state index contributed by atoms with van der Waals surface area (Å²) in [6, 6.07) is 5.02. The lowest BCUT2D eigenvalue weighted by Gasteiger charge is -2.29. The average molecular weight is 279 g/mol. The van der Waals surface area contributed by atoms with Gasteiger partial charge in [0, 0.05) is 18.5 Å². The number of allylic oxidation sites excluding steroid dienone is 1. The first-order chi connectivity index (χ1) is 8.93. The van der Waals surface area contributed by atoms with Crippen molar-refractivity contribution in [3.05, 3.63) is 35.9 Å². The van der Waals surface area contributed by atoms with E-state index in [-0.39, 0.29) is 10.8 Å². The Morgan fingerprint density at radius 1 is 1.37 bits per heavy atom. The maximum absolute atomic E-state index is 12.0. The minimum atomic E-state index is -3.25. The number of rotatable bonds is 2. The summed E-state index contributed by atoms with van der Waals surface area (Å²) in [4.78, 5) is 13.9. The van der Waals surface area contributed by atoms with E-state index in [1.54, 1.807) is 36.1 Å². The number of hydrogen-bond acceptors (Lipinski definition) is 3. The molecule has 0 aromatic heterocycles. The summed E-state index contributed by atoms with van der Waals surface area (Å²) in [5, 5.41) is 0. The molecule has 1 heterocycles. The van der Waals surface area contributed by atoms with Crippen molar-refractivity contribution in [3.8, 4) is 0 Å². The van der Waals surface area contributed by atoms with E-state index in [1.165, 1.54) is 12.3 Å². The molecule has 0 radical (unpaired) electrons. The van der Waals surface area contributed by atoms with E-state index in [0.29, 0.717) is 6.54 Å². The topological polar surface area (TPSA) is 54.5 Å². The van der Waals surface area contributed by atoms with Crippen LogP contribution < -0.4 is 4.90 Å². The van der Waals surface area contributed by atoms with Gasteiger partial charge in [0.15, 0.2) is 9.84 Å². The molecule has 0 saturated heterocycles. The summed E-state index contributed by atoms with van der Waals surface area (Å²) in [5.41, 5.74) is 1.74. The highest BCUT2D eigenvalue weighted by atomic mass is 32.2. The lowest BCUT2D eigenvalue weighted by atomic mass is 10.0. The van der Waals surface area contributed by atoms with Gasteiger partial charge in [0.05, 0.1) is 4.90 Å². The van der Waals surface area contributed by atoms with Crippen molar-refractivity contribution in [2.45, 2.75) is 24.7 Å². The zero-order valence-corrected chi connectivity index (χ0v) is 11.9. The molecule has 0 N–H and O–H groups in total. The van der Waals surface area contributed by atoms with E-state index in [0.717, 1.165) is 24.1 Å². The van der Waals surface area contributed by atoms with E-state index >= 15 is 0 Å². The number of sulfone groups is 1. The summed E-state index contributed by atoms with van der Waals surface area (Å²) in [5.74, 6) is -0.103. The third-order valence-corrected chi connectivity index (χ3v) is 4.29. The summed E-state index contributed by atoms with van der Waals surface area (Å²) in [6.07, 6.45) is 6.14. The summed E-state index contributed by atoms with van der Waals surface area (Å²) >= 11 is 0. The molecule has 0 saturated carbocycles. The van der Waals surface area contributed by atoms with E-state index in [1.807, 2.05) is 0 Å². The summed E-state index contributed by atoms with van der Waals surface area (Å²) < 4.78 is 23.2. The zero-order chi connectivity index (χ0) is 14.0. The summed E-state index contributed by atoms with van der Waals surface area (Å²) in [7, 11) is -3.25. The van der Waals surface area contributed by atoms with Crippen LogP contribution in [-0.4, -0.2) is 27.1 Å². The van der Waals surface area contributed by atoms with E-state index in [2.05, 4.69) is 0 Å². The Morgan fingerprint density at radius 2 is 2.11 bits per heavy atom. The lowest BCUT2D eigenvalue weighted by molar-refractivity contribution is -0.114. The van der Waals surface area contributed by atoms with Gasteiger partial charge >= 0.3 is 0 Å². The largest absolute Gasteiger partial charge is 0.309 e. The first kappa shape index (κ1) is 13.8. The Labute approximate surface area is 113 Å². The molecule has 19 heavy (non-hydrogen) atoms. The molecule has 0 bridgehead atoms.